The quantitative estimate of drug-likeness (QED) is 0.864. The van der Waals surface area contributed by atoms with Crippen LogP contribution in [-0.2, 0) is 19.8 Å². The number of benzene rings is 1. The van der Waals surface area contributed by atoms with Crippen LogP contribution in [-0.4, -0.2) is 33.8 Å². The predicted molar refractivity (Wildman–Crippen MR) is 79.1 cm³/mol. The van der Waals surface area contributed by atoms with E-state index in [1.807, 2.05) is 0 Å². The van der Waals surface area contributed by atoms with Gasteiger partial charge < -0.3 is 5.11 Å². The van der Waals surface area contributed by atoms with Gasteiger partial charge in [0.15, 0.2) is 0 Å². The van der Waals surface area contributed by atoms with Gasteiger partial charge in [-0.3, -0.25) is 19.3 Å². The van der Waals surface area contributed by atoms with Gasteiger partial charge in [-0.15, -0.1) is 0 Å². The van der Waals surface area contributed by atoms with E-state index < -0.39 is 35.4 Å². The highest BCUT2D eigenvalue weighted by atomic mass is 19.1. The molecule has 2 amide bonds. The van der Waals surface area contributed by atoms with E-state index in [0.29, 0.717) is 0 Å². The Hall–Kier alpha value is -2.24. The van der Waals surface area contributed by atoms with Crippen molar-refractivity contribution in [1.29, 1.82) is 0 Å². The molecule has 1 atom stereocenters. The fourth-order valence-electron chi connectivity index (χ4n) is 3.85. The van der Waals surface area contributed by atoms with Gasteiger partial charge in [-0.1, -0.05) is 31.0 Å². The van der Waals surface area contributed by atoms with Crippen LogP contribution in [0.5, 0.6) is 0 Å². The molecule has 1 aromatic carbocycles. The van der Waals surface area contributed by atoms with Gasteiger partial charge in [-0.05, 0) is 18.9 Å². The Morgan fingerprint density at radius 1 is 1.26 bits per heavy atom. The Morgan fingerprint density at radius 2 is 1.91 bits per heavy atom. The zero-order valence-corrected chi connectivity index (χ0v) is 12.6. The first-order valence-electron chi connectivity index (χ1n) is 7.79. The molecule has 23 heavy (non-hydrogen) atoms. The number of carbonyl (C=O) groups is 3. The average Bonchev–Trinajstić information content (AvgIpc) is 3.07. The number of aliphatic carboxylic acids is 1. The van der Waals surface area contributed by atoms with Crippen molar-refractivity contribution in [2.45, 2.75) is 50.0 Å². The van der Waals surface area contributed by atoms with Crippen LogP contribution in [0.3, 0.4) is 0 Å². The van der Waals surface area contributed by atoms with Crippen LogP contribution in [0.4, 0.5) is 4.39 Å². The second kappa shape index (κ2) is 5.76. The molecule has 1 aromatic rings. The smallest absolute Gasteiger partial charge is 0.304 e. The third-order valence-electron chi connectivity index (χ3n) is 4.88. The summed E-state index contributed by atoms with van der Waals surface area (Å²) in [5.74, 6) is -2.83. The van der Waals surface area contributed by atoms with Crippen molar-refractivity contribution in [3.05, 3.63) is 35.6 Å². The Morgan fingerprint density at radius 3 is 2.52 bits per heavy atom. The Kier molecular flexibility index (Phi) is 3.92. The molecule has 3 rings (SSSR count). The van der Waals surface area contributed by atoms with Crippen molar-refractivity contribution < 1.29 is 23.9 Å². The molecule has 1 heterocycles. The first-order chi connectivity index (χ1) is 11.0. The third kappa shape index (κ3) is 2.52. The summed E-state index contributed by atoms with van der Waals surface area (Å²) in [4.78, 5) is 37.9. The lowest BCUT2D eigenvalue weighted by Crippen LogP contribution is -2.44. The highest BCUT2D eigenvalue weighted by Gasteiger charge is 2.56. The van der Waals surface area contributed by atoms with E-state index >= 15 is 0 Å². The predicted octanol–water partition coefficient (Wildman–Crippen LogP) is 2.24. The van der Waals surface area contributed by atoms with Crippen molar-refractivity contribution in [3.63, 3.8) is 0 Å². The van der Waals surface area contributed by atoms with Crippen molar-refractivity contribution in [2.24, 2.45) is 0 Å². The van der Waals surface area contributed by atoms with E-state index in [2.05, 4.69) is 0 Å². The minimum Gasteiger partial charge on any atom is -0.481 e. The number of carboxylic acid groups (broad SMARTS) is 1. The number of carbonyl (C=O) groups excluding carboxylic acids is 2. The summed E-state index contributed by atoms with van der Waals surface area (Å²) < 4.78 is 14.3. The fraction of sp³-hybridized carbons (Fsp3) is 0.471. The van der Waals surface area contributed by atoms with Gasteiger partial charge in [0.05, 0.1) is 11.8 Å². The van der Waals surface area contributed by atoms with Gasteiger partial charge in [0.25, 0.3) is 0 Å². The molecular formula is C17H18FNO4. The number of halogens is 1. The molecule has 6 heteroatoms. The number of carboxylic acids is 1. The SMILES string of the molecule is O=C(O)C[C@@]1(c2ccccc2F)CC(=O)N(C2CCCC2)C1=O. The Labute approximate surface area is 133 Å². The van der Waals surface area contributed by atoms with Gasteiger partial charge in [0.1, 0.15) is 5.82 Å². The molecule has 0 unspecified atom stereocenters. The minimum absolute atomic E-state index is 0.00115. The largest absolute Gasteiger partial charge is 0.481 e. The molecule has 1 aliphatic heterocycles. The summed E-state index contributed by atoms with van der Waals surface area (Å²) in [5.41, 5.74) is -1.63. The number of hydrogen-bond acceptors (Lipinski definition) is 3. The maximum atomic E-state index is 14.3. The molecule has 1 N–H and O–H groups in total. The van der Waals surface area contributed by atoms with Gasteiger partial charge in [-0.25, -0.2) is 4.39 Å². The van der Waals surface area contributed by atoms with Crippen molar-refractivity contribution >= 4 is 17.8 Å². The lowest BCUT2D eigenvalue weighted by Gasteiger charge is -2.28. The fourth-order valence-corrected chi connectivity index (χ4v) is 3.85. The average molecular weight is 319 g/mol. The molecule has 0 bridgehead atoms. The Balaban J connectivity index is 2.07. The molecule has 0 aromatic heterocycles. The summed E-state index contributed by atoms with van der Waals surface area (Å²) in [7, 11) is 0. The summed E-state index contributed by atoms with van der Waals surface area (Å²) in [6.45, 7) is 0. The Bertz CT molecular complexity index is 668. The van der Waals surface area contributed by atoms with Crippen LogP contribution in [0.2, 0.25) is 0 Å². The molecular weight excluding hydrogens is 301 g/mol. The van der Waals surface area contributed by atoms with E-state index in [0.717, 1.165) is 25.7 Å². The second-order valence-corrected chi connectivity index (χ2v) is 6.32. The minimum atomic E-state index is -1.63. The molecule has 2 fully saturated rings. The van der Waals surface area contributed by atoms with Crippen LogP contribution in [0, 0.1) is 5.82 Å². The molecule has 1 saturated heterocycles. The molecule has 1 saturated carbocycles. The molecule has 0 radical (unpaired) electrons. The highest BCUT2D eigenvalue weighted by molar-refractivity contribution is 6.10. The van der Waals surface area contributed by atoms with E-state index in [4.69, 9.17) is 0 Å². The monoisotopic (exact) mass is 319 g/mol. The van der Waals surface area contributed by atoms with Gasteiger partial charge in [-0.2, -0.15) is 0 Å². The van der Waals surface area contributed by atoms with E-state index in [-0.39, 0.29) is 18.0 Å². The highest BCUT2D eigenvalue weighted by Crippen LogP contribution is 2.43. The number of rotatable bonds is 4. The van der Waals surface area contributed by atoms with Crippen molar-refractivity contribution in [2.75, 3.05) is 0 Å². The van der Waals surface area contributed by atoms with Crippen LogP contribution >= 0.6 is 0 Å². The van der Waals surface area contributed by atoms with E-state index in [1.165, 1.54) is 23.1 Å². The normalized spacial score (nSPS) is 25.3. The first kappa shape index (κ1) is 15.6. The third-order valence-corrected chi connectivity index (χ3v) is 4.88. The molecule has 5 nitrogen and oxygen atoms in total. The second-order valence-electron chi connectivity index (χ2n) is 6.32. The topological polar surface area (TPSA) is 74.7 Å². The molecule has 122 valence electrons. The number of likely N-dealkylation sites (tertiary alicyclic amines) is 1. The molecule has 2 aliphatic rings. The molecule has 0 spiro atoms. The van der Waals surface area contributed by atoms with Crippen molar-refractivity contribution in [3.8, 4) is 0 Å². The maximum absolute atomic E-state index is 14.3. The standard InChI is InChI=1S/C17H18FNO4/c18-13-8-4-3-7-12(13)17(10-15(21)22)9-14(20)19(16(17)23)11-5-1-2-6-11/h3-4,7-8,11H,1-2,5-6,9-10H2,(H,21,22)/t17-/m1/s1. The lowest BCUT2D eigenvalue weighted by molar-refractivity contribution is -0.146. The number of amides is 2. The summed E-state index contributed by atoms with van der Waals surface area (Å²) in [6, 6.07) is 5.44. The van der Waals surface area contributed by atoms with E-state index in [9.17, 15) is 23.9 Å². The van der Waals surface area contributed by atoms with Crippen molar-refractivity contribution in [1.82, 2.24) is 4.90 Å². The van der Waals surface area contributed by atoms with Crippen LogP contribution in [0.15, 0.2) is 24.3 Å². The lowest BCUT2D eigenvalue weighted by atomic mass is 9.75. The number of hydrogen-bond donors (Lipinski definition) is 1. The number of imide groups is 1. The van der Waals surface area contributed by atoms with E-state index in [1.54, 1.807) is 6.07 Å². The van der Waals surface area contributed by atoms with Gasteiger partial charge >= 0.3 is 5.97 Å². The first-order valence-corrected chi connectivity index (χ1v) is 7.79. The summed E-state index contributed by atoms with van der Waals surface area (Å²) >= 11 is 0. The zero-order chi connectivity index (χ0) is 16.6. The van der Waals surface area contributed by atoms with Gasteiger partial charge in [0, 0.05) is 18.0 Å². The van der Waals surface area contributed by atoms with Gasteiger partial charge in [0.2, 0.25) is 11.8 Å². The maximum Gasteiger partial charge on any atom is 0.304 e. The van der Waals surface area contributed by atoms with Crippen LogP contribution < -0.4 is 0 Å². The zero-order valence-electron chi connectivity index (χ0n) is 12.6. The number of nitrogens with zero attached hydrogens (tertiary/aromatic N) is 1. The summed E-state index contributed by atoms with van der Waals surface area (Å²) in [6.07, 6.45) is 2.48. The summed E-state index contributed by atoms with van der Waals surface area (Å²) in [5, 5.41) is 9.24. The molecule has 1 aliphatic carbocycles. The van der Waals surface area contributed by atoms with Crippen LogP contribution in [0.1, 0.15) is 44.1 Å². The van der Waals surface area contributed by atoms with Crippen LogP contribution in [0.25, 0.3) is 0 Å².